The summed E-state index contributed by atoms with van der Waals surface area (Å²) in [6, 6.07) is 10.5. The largest absolute Gasteiger partial charge is 0.502 e. The molecule has 3 aromatic rings. The van der Waals surface area contributed by atoms with Crippen molar-refractivity contribution in [3.8, 4) is 22.9 Å². The Morgan fingerprint density at radius 1 is 0.932 bits per heavy atom. The Labute approximate surface area is 269 Å². The Hall–Kier alpha value is -3.70. The van der Waals surface area contributed by atoms with E-state index in [1.807, 2.05) is 0 Å². The number of benzene rings is 2. The molecule has 0 unspecified atom stereocenters. The number of fused-ring (bicyclic) bond motifs is 4. The molecule has 0 bridgehead atoms. The Bertz CT molecular complexity index is 1930. The molecular formula is C30H23Cl4N3O7. The Kier molecular flexibility index (Phi) is 7.40. The van der Waals surface area contributed by atoms with Gasteiger partial charge in [-0.25, -0.2) is 23.5 Å². The summed E-state index contributed by atoms with van der Waals surface area (Å²) in [7, 11) is 2.75. The third kappa shape index (κ3) is 4.08. The lowest BCUT2D eigenvalue weighted by Crippen LogP contribution is -2.67. The van der Waals surface area contributed by atoms with Crippen LogP contribution in [0, 0.1) is 5.92 Å². The maximum absolute atomic E-state index is 13.9. The van der Waals surface area contributed by atoms with E-state index in [2.05, 4.69) is 0 Å². The number of Topliss-reactive ketones (excluding diaryl/α,β-unsaturated/α-hetero) is 2. The number of hydrogen-bond acceptors (Lipinski definition) is 7. The SMILES string of the molecule is COc1cc(C=C[C@H]2C3=CCn4c(=O)n(-c5ccccc5)c(=O)n4[C@@H]3C[C@@]3(Cl)C(=O)C(Cl)=C(Cl)C(=O)[C@@]23Cl)cc(OC)c1O. The molecule has 14 heteroatoms. The van der Waals surface area contributed by atoms with Crippen LogP contribution >= 0.6 is 46.4 Å². The van der Waals surface area contributed by atoms with Crippen LogP contribution in [0.5, 0.6) is 17.2 Å². The number of phenols is 1. The van der Waals surface area contributed by atoms with E-state index in [0.29, 0.717) is 16.8 Å². The first-order valence-electron chi connectivity index (χ1n) is 13.3. The summed E-state index contributed by atoms with van der Waals surface area (Å²) >= 11 is 26.8. The molecule has 228 valence electrons. The number of hydrogen-bond donors (Lipinski definition) is 1. The fraction of sp³-hybridized carbons (Fsp3) is 0.267. The summed E-state index contributed by atoms with van der Waals surface area (Å²) in [4.78, 5) is 50.6. The van der Waals surface area contributed by atoms with Crippen molar-refractivity contribution in [3.05, 3.63) is 96.8 Å². The lowest BCUT2D eigenvalue weighted by atomic mass is 9.60. The van der Waals surface area contributed by atoms with E-state index in [-0.39, 0.29) is 30.2 Å². The van der Waals surface area contributed by atoms with Crippen LogP contribution in [0.15, 0.2) is 79.8 Å². The molecule has 1 fully saturated rings. The van der Waals surface area contributed by atoms with Gasteiger partial charge in [-0.3, -0.25) is 9.59 Å². The van der Waals surface area contributed by atoms with Crippen molar-refractivity contribution in [3.63, 3.8) is 0 Å². The van der Waals surface area contributed by atoms with Crippen LogP contribution in [0.25, 0.3) is 11.8 Å². The molecule has 44 heavy (non-hydrogen) atoms. The summed E-state index contributed by atoms with van der Waals surface area (Å²) in [6.07, 6.45) is 4.51. The van der Waals surface area contributed by atoms with Crippen molar-refractivity contribution in [2.45, 2.75) is 28.8 Å². The number of para-hydroxylation sites is 1. The van der Waals surface area contributed by atoms with Gasteiger partial charge in [-0.2, -0.15) is 0 Å². The molecule has 2 aromatic carbocycles. The van der Waals surface area contributed by atoms with Gasteiger partial charge in [0, 0.05) is 12.3 Å². The molecule has 0 saturated heterocycles. The fourth-order valence-corrected chi connectivity index (χ4v) is 7.71. The highest BCUT2D eigenvalue weighted by Crippen LogP contribution is 2.61. The summed E-state index contributed by atoms with van der Waals surface area (Å²) in [5.74, 6) is -2.82. The molecule has 10 nitrogen and oxygen atoms in total. The van der Waals surface area contributed by atoms with Gasteiger partial charge >= 0.3 is 11.4 Å². The van der Waals surface area contributed by atoms with Crippen LogP contribution in [0.1, 0.15) is 18.0 Å². The normalized spacial score (nSPS) is 26.3. The minimum absolute atomic E-state index is 0.0281. The van der Waals surface area contributed by atoms with Gasteiger partial charge in [-0.1, -0.05) is 59.6 Å². The quantitative estimate of drug-likeness (QED) is 0.311. The zero-order chi connectivity index (χ0) is 31.7. The third-order valence-corrected chi connectivity index (χ3v) is 10.6. The highest BCUT2D eigenvalue weighted by Gasteiger charge is 2.70. The number of ketones is 2. The maximum atomic E-state index is 13.9. The molecule has 6 rings (SSSR count). The number of halogens is 4. The molecule has 1 saturated carbocycles. The topological polar surface area (TPSA) is 122 Å². The Morgan fingerprint density at radius 2 is 1.55 bits per heavy atom. The third-order valence-electron chi connectivity index (χ3n) is 8.36. The highest BCUT2D eigenvalue weighted by atomic mass is 35.5. The van der Waals surface area contributed by atoms with E-state index in [1.54, 1.807) is 48.6 Å². The molecule has 1 aromatic heterocycles. The number of alkyl halides is 2. The summed E-state index contributed by atoms with van der Waals surface area (Å²) < 4.78 is 14.0. The summed E-state index contributed by atoms with van der Waals surface area (Å²) in [6.45, 7) is -0.0281. The van der Waals surface area contributed by atoms with Gasteiger partial charge in [0.1, 0.15) is 19.8 Å². The molecule has 0 spiro atoms. The summed E-state index contributed by atoms with van der Waals surface area (Å²) in [5, 5.41) is 9.25. The first-order valence-corrected chi connectivity index (χ1v) is 14.8. The van der Waals surface area contributed by atoms with E-state index in [1.165, 1.54) is 35.7 Å². The van der Waals surface area contributed by atoms with Gasteiger partial charge in [0.25, 0.3) is 0 Å². The van der Waals surface area contributed by atoms with Crippen molar-refractivity contribution >= 4 is 64.0 Å². The average molecular weight is 679 g/mol. The molecule has 0 radical (unpaired) electrons. The Morgan fingerprint density at radius 3 is 2.16 bits per heavy atom. The Balaban J connectivity index is 1.57. The predicted octanol–water partition coefficient (Wildman–Crippen LogP) is 4.53. The van der Waals surface area contributed by atoms with Crippen LogP contribution in [-0.4, -0.2) is 54.6 Å². The molecular weight excluding hydrogens is 656 g/mol. The van der Waals surface area contributed by atoms with Crippen LogP contribution in [0.2, 0.25) is 0 Å². The minimum atomic E-state index is -2.16. The maximum Gasteiger partial charge on any atom is 0.352 e. The first kappa shape index (κ1) is 30.3. The summed E-state index contributed by atoms with van der Waals surface area (Å²) in [5.41, 5.74) is 0.0551. The number of aromatic nitrogens is 3. The van der Waals surface area contributed by atoms with E-state index in [0.717, 1.165) is 4.57 Å². The monoisotopic (exact) mass is 677 g/mol. The number of rotatable bonds is 5. The van der Waals surface area contributed by atoms with Gasteiger partial charge in [0.2, 0.25) is 5.75 Å². The lowest BCUT2D eigenvalue weighted by Gasteiger charge is -2.53. The van der Waals surface area contributed by atoms with Crippen molar-refractivity contribution in [1.29, 1.82) is 0 Å². The second-order valence-electron chi connectivity index (χ2n) is 10.5. The smallest absolute Gasteiger partial charge is 0.352 e. The van der Waals surface area contributed by atoms with E-state index in [9.17, 15) is 24.3 Å². The lowest BCUT2D eigenvalue weighted by molar-refractivity contribution is -0.129. The van der Waals surface area contributed by atoms with Crippen molar-refractivity contribution in [2.24, 2.45) is 5.92 Å². The highest BCUT2D eigenvalue weighted by molar-refractivity contribution is 6.66. The molecule has 2 aliphatic carbocycles. The van der Waals surface area contributed by atoms with Gasteiger partial charge in [-0.05, 0) is 35.4 Å². The van der Waals surface area contributed by atoms with Crippen molar-refractivity contribution in [1.82, 2.24) is 13.9 Å². The van der Waals surface area contributed by atoms with Gasteiger partial charge in [0.15, 0.2) is 23.1 Å². The number of carbonyl (C=O) groups is 2. The molecule has 0 amide bonds. The van der Waals surface area contributed by atoms with Gasteiger partial charge < -0.3 is 14.6 Å². The number of allylic oxidation sites excluding steroid dienone is 5. The van der Waals surface area contributed by atoms with E-state index >= 15 is 0 Å². The number of aromatic hydroxyl groups is 1. The van der Waals surface area contributed by atoms with Crippen LogP contribution < -0.4 is 20.9 Å². The number of ether oxygens (including phenoxy) is 2. The average Bonchev–Trinajstić information content (AvgIpc) is 3.29. The van der Waals surface area contributed by atoms with Gasteiger partial charge in [-0.15, -0.1) is 23.2 Å². The molecule has 1 N–H and O–H groups in total. The molecule has 4 atom stereocenters. The van der Waals surface area contributed by atoms with E-state index < -0.39 is 54.7 Å². The number of methoxy groups -OCH3 is 2. The van der Waals surface area contributed by atoms with Gasteiger partial charge in [0.05, 0.1) is 32.5 Å². The molecule has 2 heterocycles. The molecule has 1 aliphatic heterocycles. The van der Waals surface area contributed by atoms with E-state index in [4.69, 9.17) is 55.9 Å². The van der Waals surface area contributed by atoms with Crippen LogP contribution in [0.4, 0.5) is 0 Å². The minimum Gasteiger partial charge on any atom is -0.502 e. The number of carbonyl (C=O) groups excluding carboxylic acids is 2. The van der Waals surface area contributed by atoms with Crippen molar-refractivity contribution < 1.29 is 24.2 Å². The van der Waals surface area contributed by atoms with Crippen molar-refractivity contribution in [2.75, 3.05) is 14.2 Å². The zero-order valence-electron chi connectivity index (χ0n) is 23.1. The standard InChI is InChI=1S/C30H23Cl4N3O7/c1-43-20-12-15(13-21(44-2)24(20)38)8-9-18-17-10-11-35-27(41)36(16-6-4-3-5-7-16)28(42)37(35)19(17)14-29(33)25(39)22(31)23(32)26(40)30(18,29)34/h3-10,12-13,18-19,38H,11,14H2,1-2H3/t18-,19+,29+,30-/m0/s1. The zero-order valence-corrected chi connectivity index (χ0v) is 26.1. The number of phenolic OH excluding ortho intramolecular Hbond substituents is 1. The molecule has 3 aliphatic rings. The number of nitrogens with zero attached hydrogens (tertiary/aromatic N) is 3. The second-order valence-corrected chi connectivity index (χ2v) is 12.5. The second kappa shape index (κ2) is 10.7. The fourth-order valence-electron chi connectivity index (χ4n) is 6.23. The predicted molar refractivity (Wildman–Crippen MR) is 166 cm³/mol. The van der Waals surface area contributed by atoms with Crippen LogP contribution in [0.3, 0.4) is 0 Å². The van der Waals surface area contributed by atoms with Crippen LogP contribution in [-0.2, 0) is 16.1 Å². The first-order chi connectivity index (χ1) is 20.9.